The molecule has 0 radical (unpaired) electrons. The number of nitrogen functional groups attached to an aromatic ring is 1. The van der Waals surface area contributed by atoms with Crippen molar-refractivity contribution in [2.45, 2.75) is 19.8 Å². The van der Waals surface area contributed by atoms with Crippen LogP contribution in [0, 0.1) is 0 Å². The molecule has 1 aromatic rings. The van der Waals surface area contributed by atoms with Crippen molar-refractivity contribution in [1.29, 1.82) is 0 Å². The fourth-order valence-electron chi connectivity index (χ4n) is 2.25. The smallest absolute Gasteiger partial charge is 0.399 e. The maximum absolute atomic E-state index is 11.8. The SMILES string of the molecule is CCCC(=O)OC(=O)N1CCN(c2ccc(N)cc2)CC1. The van der Waals surface area contributed by atoms with E-state index in [2.05, 4.69) is 4.90 Å². The van der Waals surface area contributed by atoms with Gasteiger partial charge in [-0.05, 0) is 30.7 Å². The molecular formula is C15H21N3O3. The predicted molar refractivity (Wildman–Crippen MR) is 81.0 cm³/mol. The highest BCUT2D eigenvalue weighted by molar-refractivity contribution is 5.84. The fraction of sp³-hybridized carbons (Fsp3) is 0.467. The van der Waals surface area contributed by atoms with Crippen molar-refractivity contribution >= 4 is 23.4 Å². The molecule has 0 saturated carbocycles. The van der Waals surface area contributed by atoms with Crippen molar-refractivity contribution in [3.63, 3.8) is 0 Å². The van der Waals surface area contributed by atoms with Crippen molar-refractivity contribution in [1.82, 2.24) is 4.90 Å². The normalized spacial score (nSPS) is 14.9. The van der Waals surface area contributed by atoms with Crippen LogP contribution in [0.5, 0.6) is 0 Å². The molecule has 0 aromatic heterocycles. The van der Waals surface area contributed by atoms with E-state index in [-0.39, 0.29) is 6.42 Å². The van der Waals surface area contributed by atoms with Gasteiger partial charge in [-0.3, -0.25) is 4.79 Å². The number of amides is 1. The summed E-state index contributed by atoms with van der Waals surface area (Å²) in [6.07, 6.45) is 0.416. The summed E-state index contributed by atoms with van der Waals surface area (Å²) in [5.41, 5.74) is 7.48. The molecule has 1 aliphatic heterocycles. The highest BCUT2D eigenvalue weighted by atomic mass is 16.6. The van der Waals surface area contributed by atoms with E-state index in [1.165, 1.54) is 0 Å². The van der Waals surface area contributed by atoms with Gasteiger partial charge in [0.1, 0.15) is 0 Å². The van der Waals surface area contributed by atoms with Crippen LogP contribution in [0.1, 0.15) is 19.8 Å². The average molecular weight is 291 g/mol. The van der Waals surface area contributed by atoms with E-state index in [4.69, 9.17) is 10.5 Å². The third-order valence-corrected chi connectivity index (χ3v) is 3.45. The molecular weight excluding hydrogens is 270 g/mol. The Morgan fingerprint density at radius 3 is 2.33 bits per heavy atom. The topological polar surface area (TPSA) is 75.9 Å². The number of anilines is 2. The number of hydrogen-bond acceptors (Lipinski definition) is 5. The lowest BCUT2D eigenvalue weighted by Crippen LogP contribution is -2.49. The molecule has 21 heavy (non-hydrogen) atoms. The van der Waals surface area contributed by atoms with Gasteiger partial charge in [0.25, 0.3) is 0 Å². The zero-order valence-corrected chi connectivity index (χ0v) is 12.2. The van der Waals surface area contributed by atoms with Gasteiger partial charge in [-0.15, -0.1) is 0 Å². The maximum atomic E-state index is 11.8. The highest BCUT2D eigenvalue weighted by Crippen LogP contribution is 2.18. The molecule has 0 aliphatic carbocycles. The number of ether oxygens (including phenoxy) is 1. The number of benzene rings is 1. The lowest BCUT2D eigenvalue weighted by Gasteiger charge is -2.35. The Kier molecular flexibility index (Phi) is 5.03. The average Bonchev–Trinajstić information content (AvgIpc) is 2.48. The van der Waals surface area contributed by atoms with E-state index in [0.29, 0.717) is 32.6 Å². The summed E-state index contributed by atoms with van der Waals surface area (Å²) < 4.78 is 4.80. The molecule has 6 nitrogen and oxygen atoms in total. The van der Waals surface area contributed by atoms with Gasteiger partial charge in [-0.1, -0.05) is 6.92 Å². The first-order valence-electron chi connectivity index (χ1n) is 7.20. The van der Waals surface area contributed by atoms with Crippen LogP contribution in [-0.2, 0) is 9.53 Å². The molecule has 1 amide bonds. The first-order valence-corrected chi connectivity index (χ1v) is 7.20. The second kappa shape index (κ2) is 6.97. The van der Waals surface area contributed by atoms with Crippen LogP contribution in [0.15, 0.2) is 24.3 Å². The van der Waals surface area contributed by atoms with Crippen LogP contribution >= 0.6 is 0 Å². The third kappa shape index (κ3) is 4.11. The molecule has 1 aliphatic rings. The molecule has 1 aromatic carbocycles. The Morgan fingerprint density at radius 1 is 1.14 bits per heavy atom. The second-order valence-electron chi connectivity index (χ2n) is 5.06. The third-order valence-electron chi connectivity index (χ3n) is 3.45. The Morgan fingerprint density at radius 2 is 1.76 bits per heavy atom. The van der Waals surface area contributed by atoms with Crippen LogP contribution in [0.4, 0.5) is 16.2 Å². The van der Waals surface area contributed by atoms with E-state index in [0.717, 1.165) is 11.4 Å². The number of nitrogens with two attached hydrogens (primary N) is 1. The van der Waals surface area contributed by atoms with Crippen LogP contribution < -0.4 is 10.6 Å². The van der Waals surface area contributed by atoms with Crippen LogP contribution in [0.2, 0.25) is 0 Å². The van der Waals surface area contributed by atoms with Gasteiger partial charge in [0, 0.05) is 44.0 Å². The Balaban J connectivity index is 1.84. The summed E-state index contributed by atoms with van der Waals surface area (Å²) in [7, 11) is 0. The Bertz CT molecular complexity index is 493. The molecule has 1 fully saturated rings. The lowest BCUT2D eigenvalue weighted by molar-refractivity contribution is -0.138. The van der Waals surface area contributed by atoms with Gasteiger partial charge in [-0.25, -0.2) is 4.79 Å². The van der Waals surface area contributed by atoms with Crippen LogP contribution in [-0.4, -0.2) is 43.1 Å². The molecule has 2 N–H and O–H groups in total. The zero-order chi connectivity index (χ0) is 15.2. The van der Waals surface area contributed by atoms with E-state index < -0.39 is 12.1 Å². The number of hydrogen-bond donors (Lipinski definition) is 1. The lowest BCUT2D eigenvalue weighted by atomic mass is 10.2. The van der Waals surface area contributed by atoms with Gasteiger partial charge < -0.3 is 20.3 Å². The van der Waals surface area contributed by atoms with Crippen molar-refractivity contribution in [3.05, 3.63) is 24.3 Å². The Hall–Kier alpha value is -2.24. The molecule has 1 heterocycles. The van der Waals surface area contributed by atoms with E-state index in [1.54, 1.807) is 4.90 Å². The molecule has 0 spiro atoms. The standard InChI is InChI=1S/C15H21N3O3/c1-2-3-14(19)21-15(20)18-10-8-17(9-11-18)13-6-4-12(16)5-7-13/h4-7H,2-3,8-11,16H2,1H3. The molecule has 1 saturated heterocycles. The number of carbonyl (C=O) groups excluding carboxylic acids is 2. The van der Waals surface area contributed by atoms with Gasteiger partial charge in [0.2, 0.25) is 0 Å². The minimum absolute atomic E-state index is 0.275. The van der Waals surface area contributed by atoms with Crippen LogP contribution in [0.25, 0.3) is 0 Å². The number of piperazine rings is 1. The second-order valence-corrected chi connectivity index (χ2v) is 5.06. The van der Waals surface area contributed by atoms with Crippen molar-refractivity contribution in [2.24, 2.45) is 0 Å². The molecule has 0 unspecified atom stereocenters. The van der Waals surface area contributed by atoms with Gasteiger partial charge in [0.05, 0.1) is 0 Å². The van der Waals surface area contributed by atoms with E-state index in [9.17, 15) is 9.59 Å². The Labute approximate surface area is 124 Å². The van der Waals surface area contributed by atoms with Crippen molar-refractivity contribution in [2.75, 3.05) is 36.8 Å². The minimum atomic E-state index is -0.537. The van der Waals surface area contributed by atoms with Crippen LogP contribution in [0.3, 0.4) is 0 Å². The van der Waals surface area contributed by atoms with E-state index >= 15 is 0 Å². The molecule has 0 bridgehead atoms. The quantitative estimate of drug-likeness (QED) is 0.522. The summed E-state index contributed by atoms with van der Waals surface area (Å²) >= 11 is 0. The van der Waals surface area contributed by atoms with E-state index in [1.807, 2.05) is 31.2 Å². The maximum Gasteiger partial charge on any atom is 0.417 e. The number of rotatable bonds is 3. The summed E-state index contributed by atoms with van der Waals surface area (Å²) in [5.74, 6) is -0.455. The molecule has 114 valence electrons. The van der Waals surface area contributed by atoms with Crippen molar-refractivity contribution in [3.8, 4) is 0 Å². The first-order chi connectivity index (χ1) is 10.1. The summed E-state index contributed by atoms with van der Waals surface area (Å²) in [5, 5.41) is 0. The largest absolute Gasteiger partial charge is 0.417 e. The number of carbonyl (C=O) groups is 2. The summed E-state index contributed by atoms with van der Waals surface area (Å²) in [4.78, 5) is 26.9. The summed E-state index contributed by atoms with van der Waals surface area (Å²) in [6.45, 7) is 4.38. The summed E-state index contributed by atoms with van der Waals surface area (Å²) in [6, 6.07) is 7.65. The minimum Gasteiger partial charge on any atom is -0.399 e. The van der Waals surface area contributed by atoms with Gasteiger partial charge in [0.15, 0.2) is 0 Å². The first kappa shape index (κ1) is 15.2. The number of nitrogens with zero attached hydrogens (tertiary/aromatic N) is 2. The molecule has 6 heteroatoms. The fourth-order valence-corrected chi connectivity index (χ4v) is 2.25. The van der Waals surface area contributed by atoms with Gasteiger partial charge in [-0.2, -0.15) is 0 Å². The zero-order valence-electron chi connectivity index (χ0n) is 12.2. The number of esters is 1. The predicted octanol–water partition coefficient (Wildman–Crippen LogP) is 1.85. The monoisotopic (exact) mass is 291 g/mol. The highest BCUT2D eigenvalue weighted by Gasteiger charge is 2.23. The van der Waals surface area contributed by atoms with Gasteiger partial charge >= 0.3 is 12.1 Å². The van der Waals surface area contributed by atoms with Crippen molar-refractivity contribution < 1.29 is 14.3 Å². The molecule has 2 rings (SSSR count). The molecule has 0 atom stereocenters.